The molecule has 1 unspecified atom stereocenters. The first-order chi connectivity index (χ1) is 7.99. The zero-order valence-electron chi connectivity index (χ0n) is 9.67. The molecule has 0 heterocycles. The predicted octanol–water partition coefficient (Wildman–Crippen LogP) is 3.30. The van der Waals surface area contributed by atoms with Crippen molar-refractivity contribution in [3.63, 3.8) is 0 Å². The third kappa shape index (κ3) is 3.31. The van der Waals surface area contributed by atoms with Crippen molar-refractivity contribution in [2.45, 2.75) is 12.8 Å². The van der Waals surface area contributed by atoms with E-state index in [0.717, 1.165) is 0 Å². The largest absolute Gasteiger partial charge is 0.369 e. The van der Waals surface area contributed by atoms with Crippen LogP contribution in [0.15, 0.2) is 12.1 Å². The topological polar surface area (TPSA) is 27.0 Å². The van der Waals surface area contributed by atoms with Crippen molar-refractivity contribution in [3.05, 3.63) is 29.3 Å². The summed E-state index contributed by atoms with van der Waals surface area (Å²) < 4.78 is 27.4. The minimum absolute atomic E-state index is 0.0619. The zero-order chi connectivity index (χ0) is 13.0. The first-order valence-corrected chi connectivity index (χ1v) is 5.67. The second kappa shape index (κ2) is 5.83. The molecule has 0 amide bonds. The lowest BCUT2D eigenvalue weighted by atomic mass is 10.1. The summed E-state index contributed by atoms with van der Waals surface area (Å²) in [5.41, 5.74) is 0.271. The van der Waals surface area contributed by atoms with Gasteiger partial charge in [-0.3, -0.25) is 0 Å². The second-order valence-electron chi connectivity index (χ2n) is 3.95. The Morgan fingerprint density at radius 2 is 1.94 bits per heavy atom. The minimum atomic E-state index is -0.659. The molecule has 17 heavy (non-hydrogen) atoms. The van der Waals surface area contributed by atoms with Crippen LogP contribution in [0.2, 0.25) is 0 Å². The molecule has 1 aromatic rings. The molecular formula is C12H13ClF2N2. The van der Waals surface area contributed by atoms with Crippen LogP contribution in [0.1, 0.15) is 12.5 Å². The quantitative estimate of drug-likeness (QED) is 0.775. The van der Waals surface area contributed by atoms with Crippen LogP contribution in [-0.4, -0.2) is 13.6 Å². The second-order valence-corrected chi connectivity index (χ2v) is 4.22. The Balaban J connectivity index is 3.02. The first kappa shape index (κ1) is 13.7. The van der Waals surface area contributed by atoms with Crippen molar-refractivity contribution in [2.24, 2.45) is 5.92 Å². The summed E-state index contributed by atoms with van der Waals surface area (Å²) in [6.45, 7) is 1.96. The number of halogens is 3. The van der Waals surface area contributed by atoms with Gasteiger partial charge in [-0.15, -0.1) is 11.6 Å². The lowest BCUT2D eigenvalue weighted by Gasteiger charge is -2.21. The van der Waals surface area contributed by atoms with E-state index >= 15 is 0 Å². The highest BCUT2D eigenvalue weighted by Gasteiger charge is 2.16. The molecule has 0 aliphatic carbocycles. The van der Waals surface area contributed by atoms with Crippen molar-refractivity contribution in [2.75, 3.05) is 18.5 Å². The van der Waals surface area contributed by atoms with Crippen molar-refractivity contribution in [1.29, 1.82) is 5.26 Å². The standard InChI is InChI=1S/C12H13ClF2N2/c1-8(6-16)7-17(2)12-10(14)3-9(5-13)4-11(12)15/h3-4,8H,5,7H2,1-2H3. The summed E-state index contributed by atoms with van der Waals surface area (Å²) >= 11 is 5.52. The van der Waals surface area contributed by atoms with Gasteiger partial charge in [0.05, 0.1) is 12.0 Å². The van der Waals surface area contributed by atoms with E-state index in [-0.39, 0.29) is 24.0 Å². The zero-order valence-corrected chi connectivity index (χ0v) is 10.4. The van der Waals surface area contributed by atoms with Gasteiger partial charge in [0.1, 0.15) is 17.3 Å². The number of nitrogens with zero attached hydrogens (tertiary/aromatic N) is 2. The molecule has 1 atom stereocenters. The summed E-state index contributed by atoms with van der Waals surface area (Å²) in [7, 11) is 1.55. The predicted molar refractivity (Wildman–Crippen MR) is 64.0 cm³/mol. The van der Waals surface area contributed by atoms with Gasteiger partial charge in [-0.2, -0.15) is 5.26 Å². The lowest BCUT2D eigenvalue weighted by Crippen LogP contribution is -2.25. The third-order valence-corrected chi connectivity index (χ3v) is 2.69. The Labute approximate surface area is 104 Å². The van der Waals surface area contributed by atoms with Crippen LogP contribution in [0.25, 0.3) is 0 Å². The van der Waals surface area contributed by atoms with Crippen LogP contribution in [-0.2, 0) is 5.88 Å². The molecule has 92 valence electrons. The van der Waals surface area contributed by atoms with Gasteiger partial charge in [-0.1, -0.05) is 0 Å². The molecule has 0 aliphatic rings. The van der Waals surface area contributed by atoms with Crippen LogP contribution in [0.3, 0.4) is 0 Å². The number of anilines is 1. The van der Waals surface area contributed by atoms with Crippen molar-refractivity contribution < 1.29 is 8.78 Å². The van der Waals surface area contributed by atoms with Gasteiger partial charge in [0.15, 0.2) is 0 Å². The van der Waals surface area contributed by atoms with Gasteiger partial charge in [0.25, 0.3) is 0 Å². The summed E-state index contributed by atoms with van der Waals surface area (Å²) in [6, 6.07) is 4.43. The van der Waals surface area contributed by atoms with E-state index in [2.05, 4.69) is 0 Å². The highest BCUT2D eigenvalue weighted by molar-refractivity contribution is 6.17. The molecule has 0 spiro atoms. The summed E-state index contributed by atoms with van der Waals surface area (Å²) in [6.07, 6.45) is 0. The summed E-state index contributed by atoms with van der Waals surface area (Å²) in [4.78, 5) is 1.40. The fourth-order valence-electron chi connectivity index (χ4n) is 1.60. The maximum atomic E-state index is 13.7. The van der Waals surface area contributed by atoms with Gasteiger partial charge in [-0.05, 0) is 24.6 Å². The lowest BCUT2D eigenvalue weighted by molar-refractivity contribution is 0.568. The Bertz CT molecular complexity index is 420. The molecule has 0 N–H and O–H groups in total. The molecule has 1 aromatic carbocycles. The number of hydrogen-bond donors (Lipinski definition) is 0. The molecule has 1 rings (SSSR count). The van der Waals surface area contributed by atoms with E-state index in [1.54, 1.807) is 14.0 Å². The number of benzene rings is 1. The maximum Gasteiger partial charge on any atom is 0.149 e. The van der Waals surface area contributed by atoms with Crippen LogP contribution in [0.4, 0.5) is 14.5 Å². The average molecular weight is 259 g/mol. The van der Waals surface area contributed by atoms with Crippen molar-refractivity contribution in [1.82, 2.24) is 0 Å². The van der Waals surface area contributed by atoms with E-state index in [9.17, 15) is 8.78 Å². The molecule has 0 bridgehead atoms. The molecule has 0 fully saturated rings. The van der Waals surface area contributed by atoms with Crippen LogP contribution >= 0.6 is 11.6 Å². The summed E-state index contributed by atoms with van der Waals surface area (Å²) in [5.74, 6) is -1.56. The maximum absolute atomic E-state index is 13.7. The fraction of sp³-hybridized carbons (Fsp3) is 0.417. The Hall–Kier alpha value is -1.34. The van der Waals surface area contributed by atoms with Crippen LogP contribution in [0, 0.1) is 28.9 Å². The molecule has 5 heteroatoms. The molecule has 0 radical (unpaired) electrons. The van der Waals surface area contributed by atoms with Crippen LogP contribution in [0.5, 0.6) is 0 Å². The molecule has 0 saturated heterocycles. The summed E-state index contributed by atoms with van der Waals surface area (Å²) in [5, 5.41) is 8.67. The highest BCUT2D eigenvalue weighted by Crippen LogP contribution is 2.25. The Morgan fingerprint density at radius 3 is 2.35 bits per heavy atom. The number of rotatable bonds is 4. The molecule has 2 nitrogen and oxygen atoms in total. The Morgan fingerprint density at radius 1 is 1.41 bits per heavy atom. The van der Waals surface area contributed by atoms with Gasteiger partial charge < -0.3 is 4.90 Å². The van der Waals surface area contributed by atoms with Gasteiger partial charge in [-0.25, -0.2) is 8.78 Å². The smallest absolute Gasteiger partial charge is 0.149 e. The SMILES string of the molecule is CC(C#N)CN(C)c1c(F)cc(CCl)cc1F. The number of alkyl halides is 1. The van der Waals surface area contributed by atoms with Crippen LogP contribution < -0.4 is 4.90 Å². The van der Waals surface area contributed by atoms with E-state index in [1.807, 2.05) is 6.07 Å². The van der Waals surface area contributed by atoms with E-state index in [1.165, 1.54) is 17.0 Å². The van der Waals surface area contributed by atoms with E-state index in [0.29, 0.717) is 5.56 Å². The normalized spacial score (nSPS) is 12.0. The van der Waals surface area contributed by atoms with Gasteiger partial charge in [0, 0.05) is 19.5 Å². The monoisotopic (exact) mass is 258 g/mol. The van der Waals surface area contributed by atoms with Gasteiger partial charge >= 0.3 is 0 Å². The van der Waals surface area contributed by atoms with Gasteiger partial charge in [0.2, 0.25) is 0 Å². The molecule has 0 aliphatic heterocycles. The minimum Gasteiger partial charge on any atom is -0.369 e. The average Bonchev–Trinajstić information content (AvgIpc) is 2.27. The Kier molecular flexibility index (Phi) is 4.71. The highest BCUT2D eigenvalue weighted by atomic mass is 35.5. The van der Waals surface area contributed by atoms with E-state index in [4.69, 9.17) is 16.9 Å². The molecule has 0 aromatic heterocycles. The fourth-order valence-corrected chi connectivity index (χ4v) is 1.76. The number of hydrogen-bond acceptors (Lipinski definition) is 2. The first-order valence-electron chi connectivity index (χ1n) is 5.14. The third-order valence-electron chi connectivity index (χ3n) is 2.38. The van der Waals surface area contributed by atoms with Crippen molar-refractivity contribution >= 4 is 17.3 Å². The molecular weight excluding hydrogens is 246 g/mol. The van der Waals surface area contributed by atoms with E-state index < -0.39 is 11.6 Å². The molecule has 0 saturated carbocycles. The van der Waals surface area contributed by atoms with Crippen molar-refractivity contribution in [3.8, 4) is 6.07 Å². The number of nitriles is 1.